The Morgan fingerprint density at radius 2 is 1.69 bits per heavy atom. The second kappa shape index (κ2) is 8.47. The molecular weight excluding hydrogens is 342 g/mol. The molecule has 0 spiro atoms. The fourth-order valence-corrected chi connectivity index (χ4v) is 2.11. The maximum Gasteiger partial charge on any atom is 0.282 e. The third-order valence-electron chi connectivity index (χ3n) is 3.45. The highest BCUT2D eigenvalue weighted by atomic mass is 16.6. The highest BCUT2D eigenvalue weighted by molar-refractivity contribution is 5.95. The third kappa shape index (κ3) is 4.26. The molecule has 1 N–H and O–H groups in total. The largest absolute Gasteiger partial charge is 0.497 e. The van der Waals surface area contributed by atoms with Gasteiger partial charge in [0.15, 0.2) is 11.5 Å². The summed E-state index contributed by atoms with van der Waals surface area (Å²) in [5.74, 6) is 0.678. The number of carbonyl (C=O) groups is 1. The lowest BCUT2D eigenvalue weighted by Gasteiger charge is -2.08. The van der Waals surface area contributed by atoms with Crippen LogP contribution in [0.15, 0.2) is 41.5 Å². The van der Waals surface area contributed by atoms with Crippen LogP contribution in [0.3, 0.4) is 0 Å². The quantitative estimate of drug-likeness (QED) is 0.461. The number of nitrogens with zero attached hydrogens (tertiary/aromatic N) is 2. The van der Waals surface area contributed by atoms with Crippen molar-refractivity contribution < 1.29 is 23.9 Å². The number of carbonyl (C=O) groups excluding carboxylic acids is 1. The van der Waals surface area contributed by atoms with E-state index in [0.717, 1.165) is 0 Å². The van der Waals surface area contributed by atoms with E-state index in [4.69, 9.17) is 14.2 Å². The number of nitrogens with one attached hydrogen (secondary N) is 1. The van der Waals surface area contributed by atoms with E-state index in [1.165, 1.54) is 39.7 Å². The van der Waals surface area contributed by atoms with Gasteiger partial charge in [0.1, 0.15) is 5.75 Å². The second-order valence-corrected chi connectivity index (χ2v) is 4.95. The number of methoxy groups -OCH3 is 3. The average Bonchev–Trinajstić information content (AvgIpc) is 2.67. The summed E-state index contributed by atoms with van der Waals surface area (Å²) in [5, 5.41) is 15.0. The van der Waals surface area contributed by atoms with E-state index in [1.807, 2.05) is 0 Å². The molecule has 2 aromatic carbocycles. The van der Waals surface area contributed by atoms with Crippen molar-refractivity contribution in [1.29, 1.82) is 0 Å². The molecule has 2 aromatic rings. The Kier molecular flexibility index (Phi) is 6.10. The van der Waals surface area contributed by atoms with Gasteiger partial charge in [0.05, 0.1) is 44.1 Å². The molecule has 0 saturated heterocycles. The maximum atomic E-state index is 12.0. The predicted molar refractivity (Wildman–Crippen MR) is 94.3 cm³/mol. The first-order valence-corrected chi connectivity index (χ1v) is 7.38. The minimum absolute atomic E-state index is 0.155. The Labute approximate surface area is 149 Å². The number of hydrazone groups is 1. The van der Waals surface area contributed by atoms with Gasteiger partial charge in [-0.05, 0) is 30.3 Å². The van der Waals surface area contributed by atoms with Crippen molar-refractivity contribution in [1.82, 2.24) is 5.43 Å². The number of hydrogen-bond donors (Lipinski definition) is 1. The summed E-state index contributed by atoms with van der Waals surface area (Å²) in [6.45, 7) is 0. The molecule has 0 radical (unpaired) electrons. The molecule has 26 heavy (non-hydrogen) atoms. The average molecular weight is 359 g/mol. The van der Waals surface area contributed by atoms with Crippen LogP contribution in [0.1, 0.15) is 15.9 Å². The second-order valence-electron chi connectivity index (χ2n) is 4.95. The lowest BCUT2D eigenvalue weighted by molar-refractivity contribution is -0.385. The molecule has 9 heteroatoms. The fraction of sp³-hybridized carbons (Fsp3) is 0.176. The zero-order valence-electron chi connectivity index (χ0n) is 14.4. The zero-order chi connectivity index (χ0) is 19.1. The van der Waals surface area contributed by atoms with Gasteiger partial charge in [0.2, 0.25) is 0 Å². The van der Waals surface area contributed by atoms with Crippen LogP contribution in [0.4, 0.5) is 5.69 Å². The van der Waals surface area contributed by atoms with Crippen molar-refractivity contribution in [3.8, 4) is 17.2 Å². The van der Waals surface area contributed by atoms with Gasteiger partial charge in [-0.2, -0.15) is 5.10 Å². The minimum Gasteiger partial charge on any atom is -0.497 e. The van der Waals surface area contributed by atoms with Crippen LogP contribution >= 0.6 is 0 Å². The van der Waals surface area contributed by atoms with Gasteiger partial charge >= 0.3 is 0 Å². The van der Waals surface area contributed by atoms with Crippen molar-refractivity contribution in [2.75, 3.05) is 21.3 Å². The van der Waals surface area contributed by atoms with Gasteiger partial charge < -0.3 is 14.2 Å². The number of nitro benzene ring substituents is 1. The monoisotopic (exact) mass is 359 g/mol. The molecule has 2 rings (SSSR count). The summed E-state index contributed by atoms with van der Waals surface area (Å²) in [6, 6.07) is 9.05. The van der Waals surface area contributed by atoms with Crippen molar-refractivity contribution in [2.45, 2.75) is 0 Å². The summed E-state index contributed by atoms with van der Waals surface area (Å²) in [5.41, 5.74) is 2.60. The van der Waals surface area contributed by atoms with Crippen LogP contribution in [0, 0.1) is 10.1 Å². The van der Waals surface area contributed by atoms with E-state index in [-0.39, 0.29) is 17.0 Å². The van der Waals surface area contributed by atoms with Crippen LogP contribution in [-0.4, -0.2) is 38.4 Å². The van der Waals surface area contributed by atoms with E-state index in [0.29, 0.717) is 17.1 Å². The van der Waals surface area contributed by atoms with Crippen LogP contribution in [0.2, 0.25) is 0 Å². The van der Waals surface area contributed by atoms with E-state index >= 15 is 0 Å². The predicted octanol–water partition coefficient (Wildman–Crippen LogP) is 2.38. The van der Waals surface area contributed by atoms with E-state index in [2.05, 4.69) is 10.5 Å². The third-order valence-corrected chi connectivity index (χ3v) is 3.45. The molecule has 0 fully saturated rings. The molecule has 0 aliphatic rings. The Balaban J connectivity index is 2.20. The summed E-state index contributed by atoms with van der Waals surface area (Å²) < 4.78 is 15.2. The Morgan fingerprint density at radius 3 is 2.23 bits per heavy atom. The zero-order valence-corrected chi connectivity index (χ0v) is 14.4. The van der Waals surface area contributed by atoms with Crippen LogP contribution in [0.5, 0.6) is 17.2 Å². The van der Waals surface area contributed by atoms with Gasteiger partial charge in [0, 0.05) is 5.56 Å². The molecule has 0 aliphatic carbocycles. The molecule has 0 bridgehead atoms. The fourth-order valence-electron chi connectivity index (χ4n) is 2.11. The van der Waals surface area contributed by atoms with Crippen LogP contribution in [0.25, 0.3) is 0 Å². The van der Waals surface area contributed by atoms with Gasteiger partial charge in [-0.1, -0.05) is 0 Å². The normalized spacial score (nSPS) is 10.4. The molecule has 0 atom stereocenters. The van der Waals surface area contributed by atoms with Crippen molar-refractivity contribution >= 4 is 17.8 Å². The molecule has 0 saturated carbocycles. The first kappa shape index (κ1) is 18.7. The minimum atomic E-state index is -0.575. The number of nitro groups is 1. The van der Waals surface area contributed by atoms with Crippen molar-refractivity contribution in [3.05, 3.63) is 57.6 Å². The number of amides is 1. The lowest BCUT2D eigenvalue weighted by atomic mass is 10.1. The molecular formula is C17H17N3O6. The first-order valence-electron chi connectivity index (χ1n) is 7.38. The maximum absolute atomic E-state index is 12.0. The summed E-state index contributed by atoms with van der Waals surface area (Å²) in [6.07, 6.45) is 1.17. The number of rotatable bonds is 7. The topological polar surface area (TPSA) is 112 Å². The summed E-state index contributed by atoms with van der Waals surface area (Å²) >= 11 is 0. The number of hydrogen-bond acceptors (Lipinski definition) is 7. The van der Waals surface area contributed by atoms with Crippen LogP contribution in [-0.2, 0) is 0 Å². The summed E-state index contributed by atoms with van der Waals surface area (Å²) in [4.78, 5) is 22.7. The Hall–Kier alpha value is -3.62. The first-order chi connectivity index (χ1) is 12.5. The molecule has 0 aliphatic heterocycles. The standard InChI is InChI=1S/C17H17N3O6/c1-24-13-6-4-11(5-7-13)17(21)19-18-10-12-8-15(25-2)16(26-3)9-14(12)20(22)23/h4-10H,1-3H3,(H,19,21)/b18-10+. The molecule has 0 aromatic heterocycles. The molecule has 1 amide bonds. The smallest absolute Gasteiger partial charge is 0.282 e. The number of ether oxygens (including phenoxy) is 3. The van der Waals surface area contributed by atoms with E-state index in [9.17, 15) is 14.9 Å². The summed E-state index contributed by atoms with van der Waals surface area (Å²) in [7, 11) is 4.32. The van der Waals surface area contributed by atoms with Gasteiger partial charge in [-0.3, -0.25) is 14.9 Å². The van der Waals surface area contributed by atoms with Gasteiger partial charge in [-0.15, -0.1) is 0 Å². The SMILES string of the molecule is COc1ccc(C(=O)N/N=C/c2cc(OC)c(OC)cc2[N+](=O)[O-])cc1. The molecule has 0 heterocycles. The van der Waals surface area contributed by atoms with Crippen molar-refractivity contribution in [2.24, 2.45) is 5.10 Å². The molecule has 0 unspecified atom stereocenters. The van der Waals surface area contributed by atoms with Crippen molar-refractivity contribution in [3.63, 3.8) is 0 Å². The van der Waals surface area contributed by atoms with E-state index < -0.39 is 10.8 Å². The van der Waals surface area contributed by atoms with Gasteiger partial charge in [0.25, 0.3) is 11.6 Å². The molecule has 9 nitrogen and oxygen atoms in total. The highest BCUT2D eigenvalue weighted by Gasteiger charge is 2.18. The lowest BCUT2D eigenvalue weighted by Crippen LogP contribution is -2.17. The van der Waals surface area contributed by atoms with E-state index in [1.54, 1.807) is 24.3 Å². The Bertz CT molecular complexity index is 833. The van der Waals surface area contributed by atoms with Gasteiger partial charge in [-0.25, -0.2) is 5.43 Å². The Morgan fingerprint density at radius 1 is 1.08 bits per heavy atom. The molecule has 136 valence electrons. The highest BCUT2D eigenvalue weighted by Crippen LogP contribution is 2.33. The van der Waals surface area contributed by atoms with Crippen LogP contribution < -0.4 is 19.6 Å². The number of benzene rings is 2.